The van der Waals surface area contributed by atoms with E-state index >= 15 is 0 Å². The van der Waals surface area contributed by atoms with Gasteiger partial charge in [-0.15, -0.1) is 21.5 Å². The molecule has 0 saturated heterocycles. The topological polar surface area (TPSA) is 46.3 Å². The molecule has 0 amide bonds. The zero-order chi connectivity index (χ0) is 17.6. The molecule has 4 rings (SSSR count). The fourth-order valence-corrected chi connectivity index (χ4v) is 4.36. The molecule has 3 aromatic rings. The molecule has 3 heterocycles. The van der Waals surface area contributed by atoms with Crippen LogP contribution in [0.5, 0.6) is 0 Å². The van der Waals surface area contributed by atoms with Gasteiger partial charge >= 0.3 is 0 Å². The quantitative estimate of drug-likeness (QED) is 0.676. The lowest BCUT2D eigenvalue weighted by Crippen LogP contribution is -2.15. The molecule has 1 aliphatic rings. The van der Waals surface area contributed by atoms with E-state index in [0.29, 0.717) is 22.4 Å². The predicted octanol–water partition coefficient (Wildman–Crippen LogP) is 4.05. The minimum Gasteiger partial charge on any atom is -0.302 e. The Kier molecular flexibility index (Phi) is 4.37. The summed E-state index contributed by atoms with van der Waals surface area (Å²) in [5.41, 5.74) is 2.69. The molecule has 128 valence electrons. The number of fused-ring (bicyclic) bond motifs is 3. The minimum atomic E-state index is 0.444. The lowest BCUT2D eigenvalue weighted by atomic mass is 10.0. The Labute approximate surface area is 159 Å². The molecule has 0 aliphatic carbocycles. The summed E-state index contributed by atoms with van der Waals surface area (Å²) in [7, 11) is 4.01. The number of nitrogens with zero attached hydrogens (tertiary/aromatic N) is 5. The van der Waals surface area contributed by atoms with Crippen LogP contribution in [-0.2, 0) is 13.1 Å². The summed E-state index contributed by atoms with van der Waals surface area (Å²) < 4.78 is 2.77. The van der Waals surface area contributed by atoms with E-state index in [-0.39, 0.29) is 0 Å². The van der Waals surface area contributed by atoms with E-state index in [2.05, 4.69) is 19.7 Å². The molecule has 0 fully saturated rings. The van der Waals surface area contributed by atoms with Crippen LogP contribution in [0.4, 0.5) is 0 Å². The molecule has 0 radical (unpaired) electrons. The van der Waals surface area contributed by atoms with Crippen molar-refractivity contribution in [1.82, 2.24) is 19.7 Å². The third kappa shape index (κ3) is 3.00. The Morgan fingerprint density at radius 1 is 1.16 bits per heavy atom. The van der Waals surface area contributed by atoms with Crippen LogP contribution in [0, 0.1) is 0 Å². The van der Waals surface area contributed by atoms with Gasteiger partial charge in [0, 0.05) is 16.1 Å². The molecule has 1 aliphatic heterocycles. The van der Waals surface area contributed by atoms with Gasteiger partial charge in [0.1, 0.15) is 11.5 Å². The zero-order valence-electron chi connectivity index (χ0n) is 13.7. The number of aromatic nitrogens is 3. The Hall–Kier alpha value is -1.73. The zero-order valence-corrected chi connectivity index (χ0v) is 16.0. The van der Waals surface area contributed by atoms with E-state index in [1.54, 1.807) is 0 Å². The van der Waals surface area contributed by atoms with Gasteiger partial charge in [0.05, 0.1) is 16.6 Å². The number of rotatable bonds is 3. The number of hydrogen-bond acceptors (Lipinski definition) is 5. The predicted molar refractivity (Wildman–Crippen MR) is 102 cm³/mol. The highest BCUT2D eigenvalue weighted by molar-refractivity contribution is 7.19. The van der Waals surface area contributed by atoms with E-state index < -0.39 is 0 Å². The van der Waals surface area contributed by atoms with Crippen molar-refractivity contribution < 1.29 is 0 Å². The number of thiophene rings is 1. The van der Waals surface area contributed by atoms with Gasteiger partial charge in [-0.05, 0) is 26.2 Å². The first-order chi connectivity index (χ1) is 12.0. The lowest BCUT2D eigenvalue weighted by Gasteiger charge is -2.12. The molecule has 0 atom stereocenters. The summed E-state index contributed by atoms with van der Waals surface area (Å²) >= 11 is 14.3. The summed E-state index contributed by atoms with van der Waals surface area (Å²) in [6.07, 6.45) is 0. The van der Waals surface area contributed by atoms with E-state index in [4.69, 9.17) is 28.2 Å². The molecule has 2 aromatic heterocycles. The van der Waals surface area contributed by atoms with Crippen molar-refractivity contribution in [1.29, 1.82) is 0 Å². The van der Waals surface area contributed by atoms with Crippen molar-refractivity contribution in [3.05, 3.63) is 62.5 Å². The molecular weight excluding hydrogens is 377 g/mol. The van der Waals surface area contributed by atoms with Crippen LogP contribution in [0.3, 0.4) is 0 Å². The normalized spacial score (nSPS) is 13.4. The van der Waals surface area contributed by atoms with Crippen LogP contribution in [0.15, 0.2) is 35.3 Å². The summed E-state index contributed by atoms with van der Waals surface area (Å²) in [5.74, 6) is 1.68. The maximum absolute atomic E-state index is 6.42. The molecule has 0 saturated carbocycles. The average Bonchev–Trinajstić information content (AvgIpc) is 3.08. The van der Waals surface area contributed by atoms with Gasteiger partial charge in [0.2, 0.25) is 0 Å². The Bertz CT molecular complexity index is 973. The van der Waals surface area contributed by atoms with E-state index in [1.807, 2.05) is 44.4 Å². The van der Waals surface area contributed by atoms with E-state index in [1.165, 1.54) is 11.3 Å². The number of hydrogen-bond donors (Lipinski definition) is 0. The van der Waals surface area contributed by atoms with Crippen LogP contribution >= 0.6 is 34.5 Å². The van der Waals surface area contributed by atoms with Crippen LogP contribution in [0.1, 0.15) is 22.8 Å². The van der Waals surface area contributed by atoms with Gasteiger partial charge in [-0.3, -0.25) is 9.56 Å². The van der Waals surface area contributed by atoms with Crippen molar-refractivity contribution in [3.8, 4) is 5.00 Å². The van der Waals surface area contributed by atoms with Gasteiger partial charge < -0.3 is 4.90 Å². The largest absolute Gasteiger partial charge is 0.302 e. The van der Waals surface area contributed by atoms with Crippen LogP contribution < -0.4 is 0 Å². The van der Waals surface area contributed by atoms with E-state index in [9.17, 15) is 0 Å². The second-order valence-electron chi connectivity index (χ2n) is 6.02. The van der Waals surface area contributed by atoms with Gasteiger partial charge in [-0.25, -0.2) is 0 Å². The highest BCUT2D eigenvalue weighted by Gasteiger charge is 2.26. The van der Waals surface area contributed by atoms with Gasteiger partial charge in [-0.1, -0.05) is 41.4 Å². The molecule has 5 nitrogen and oxygen atoms in total. The molecule has 25 heavy (non-hydrogen) atoms. The van der Waals surface area contributed by atoms with Crippen molar-refractivity contribution in [2.75, 3.05) is 14.1 Å². The first kappa shape index (κ1) is 16.7. The Balaban J connectivity index is 1.92. The maximum Gasteiger partial charge on any atom is 0.160 e. The first-order valence-corrected chi connectivity index (χ1v) is 9.29. The van der Waals surface area contributed by atoms with Crippen LogP contribution in [-0.4, -0.2) is 39.5 Å². The van der Waals surface area contributed by atoms with Crippen molar-refractivity contribution in [2.24, 2.45) is 4.99 Å². The third-order valence-corrected chi connectivity index (χ3v) is 5.48. The van der Waals surface area contributed by atoms with E-state index in [0.717, 1.165) is 33.5 Å². The second-order valence-corrected chi connectivity index (χ2v) is 8.09. The summed E-state index contributed by atoms with van der Waals surface area (Å²) in [4.78, 5) is 6.85. The van der Waals surface area contributed by atoms with Gasteiger partial charge in [0.25, 0.3) is 0 Å². The van der Waals surface area contributed by atoms with Crippen LogP contribution in [0.25, 0.3) is 5.00 Å². The highest BCUT2D eigenvalue weighted by Crippen LogP contribution is 2.36. The van der Waals surface area contributed by atoms with Crippen molar-refractivity contribution in [2.45, 2.75) is 13.1 Å². The second kappa shape index (κ2) is 6.53. The lowest BCUT2D eigenvalue weighted by molar-refractivity contribution is 0.387. The van der Waals surface area contributed by atoms with Gasteiger partial charge in [0.15, 0.2) is 11.6 Å². The number of aliphatic imine (C=N–C) groups is 1. The molecule has 0 spiro atoms. The standard InChI is InChI=1S/C17H15Cl2N5S/c1-23(2)9-15-22-21-14-8-20-16(10-5-3-4-6-12(10)18)11-7-13(19)25-17(11)24(14)15/h3-7H,8-9H2,1-2H3. The molecule has 8 heteroatoms. The minimum absolute atomic E-state index is 0.444. The molecule has 1 aromatic carbocycles. The summed E-state index contributed by atoms with van der Waals surface area (Å²) in [5, 5.41) is 10.3. The average molecular weight is 392 g/mol. The number of benzene rings is 1. The molecule has 0 unspecified atom stereocenters. The fourth-order valence-electron chi connectivity index (χ4n) is 2.88. The van der Waals surface area contributed by atoms with Crippen molar-refractivity contribution >= 4 is 40.3 Å². The van der Waals surface area contributed by atoms with Crippen molar-refractivity contribution in [3.63, 3.8) is 0 Å². The molecule has 0 bridgehead atoms. The highest BCUT2D eigenvalue weighted by atomic mass is 35.5. The molecular formula is C17H15Cl2N5S. The Morgan fingerprint density at radius 3 is 2.72 bits per heavy atom. The fraction of sp³-hybridized carbons (Fsp3) is 0.235. The third-order valence-electron chi connectivity index (χ3n) is 3.90. The first-order valence-electron chi connectivity index (χ1n) is 7.72. The van der Waals surface area contributed by atoms with Crippen LogP contribution in [0.2, 0.25) is 9.36 Å². The molecule has 0 N–H and O–H groups in total. The number of halogens is 2. The maximum atomic E-state index is 6.42. The summed E-state index contributed by atoms with van der Waals surface area (Å²) in [6.45, 7) is 1.13. The van der Waals surface area contributed by atoms with Gasteiger partial charge in [-0.2, -0.15) is 0 Å². The Morgan fingerprint density at radius 2 is 1.96 bits per heavy atom. The monoisotopic (exact) mass is 391 g/mol. The SMILES string of the molecule is CN(C)Cc1nnc2n1-c1sc(Cl)cc1C(c1ccccc1Cl)=NC2. The smallest absolute Gasteiger partial charge is 0.160 e. The summed E-state index contributed by atoms with van der Waals surface area (Å²) in [6, 6.07) is 9.66.